The lowest BCUT2D eigenvalue weighted by Crippen LogP contribution is -2.58. The van der Waals surface area contributed by atoms with Gasteiger partial charge in [0.2, 0.25) is 0 Å². The van der Waals surface area contributed by atoms with Crippen LogP contribution in [0.5, 0.6) is 5.75 Å². The molecule has 0 N–H and O–H groups in total. The van der Waals surface area contributed by atoms with Crippen LogP contribution >= 0.6 is 0 Å². The van der Waals surface area contributed by atoms with Crippen molar-refractivity contribution in [3.63, 3.8) is 0 Å². The van der Waals surface area contributed by atoms with E-state index >= 15 is 0 Å². The molecule has 1 fully saturated rings. The Morgan fingerprint density at radius 2 is 1.86 bits per heavy atom. The second-order valence-corrected chi connectivity index (χ2v) is 10.5. The molecule has 4 rings (SSSR count). The molecule has 2 aliphatic carbocycles. The molecule has 0 unspecified atom stereocenters. The molecule has 0 radical (unpaired) electrons. The van der Waals surface area contributed by atoms with Crippen LogP contribution < -0.4 is 10.4 Å². The summed E-state index contributed by atoms with van der Waals surface area (Å²) in [6.45, 7) is 9.97. The number of hydrogen-bond donors (Lipinski definition) is 0. The molecule has 5 atom stereocenters. The minimum atomic E-state index is -0.522. The van der Waals surface area contributed by atoms with Crippen LogP contribution in [0.15, 0.2) is 51.2 Å². The number of ether oxygens (including phenoxy) is 3. The molecule has 0 amide bonds. The Hall–Kier alpha value is -3.09. The van der Waals surface area contributed by atoms with Gasteiger partial charge in [0.15, 0.2) is 0 Å². The number of rotatable bonds is 6. The maximum atomic E-state index is 11.9. The van der Waals surface area contributed by atoms with Gasteiger partial charge in [0.1, 0.15) is 24.0 Å². The van der Waals surface area contributed by atoms with E-state index in [2.05, 4.69) is 26.8 Å². The SMILES string of the molecule is CC(=O)OC[C@]1(C)[C@@H]2CC=C(C)[C@H](COc3ccc4ccc(=O)oc4c3)[C@@]2(C)CC[C@@H]1OC(C)=O. The quantitative estimate of drug-likeness (QED) is 0.323. The third-order valence-corrected chi connectivity index (χ3v) is 8.20. The number of allylic oxidation sites excluding steroid dienone is 1. The van der Waals surface area contributed by atoms with Gasteiger partial charge in [-0.3, -0.25) is 9.59 Å². The van der Waals surface area contributed by atoms with Gasteiger partial charge >= 0.3 is 17.6 Å². The van der Waals surface area contributed by atoms with Gasteiger partial charge in [0, 0.05) is 42.7 Å². The van der Waals surface area contributed by atoms with Crippen LogP contribution in [0, 0.1) is 22.7 Å². The Balaban J connectivity index is 1.61. The zero-order valence-electron chi connectivity index (χ0n) is 21.1. The second-order valence-electron chi connectivity index (χ2n) is 10.5. The standard InChI is InChI=1S/C28H34O7/c1-17-6-10-24-27(4,13-12-25(34-19(3)30)28(24,5)16-33-18(2)29)22(17)15-32-21-9-7-20-8-11-26(31)35-23(20)14-21/h6-9,11,14,22,24-25H,10,12-13,15-16H2,1-5H3/t22-,24+,25-,27+,28+/m0/s1. The minimum Gasteiger partial charge on any atom is -0.493 e. The Kier molecular flexibility index (Phi) is 6.80. The Morgan fingerprint density at radius 3 is 2.57 bits per heavy atom. The molecule has 1 aromatic carbocycles. The van der Waals surface area contributed by atoms with Crippen molar-refractivity contribution in [2.24, 2.45) is 22.7 Å². The first-order valence-corrected chi connectivity index (χ1v) is 12.2. The number of benzene rings is 1. The normalized spacial score (nSPS) is 30.2. The number of fused-ring (bicyclic) bond motifs is 2. The molecule has 188 valence electrons. The zero-order chi connectivity index (χ0) is 25.4. The van der Waals surface area contributed by atoms with Crippen molar-refractivity contribution in [2.75, 3.05) is 13.2 Å². The lowest BCUT2D eigenvalue weighted by molar-refractivity contribution is -0.189. The second kappa shape index (κ2) is 9.51. The van der Waals surface area contributed by atoms with Crippen molar-refractivity contribution in [3.05, 3.63) is 52.4 Å². The average Bonchev–Trinajstić information content (AvgIpc) is 2.79. The highest BCUT2D eigenvalue weighted by Gasteiger charge is 2.59. The van der Waals surface area contributed by atoms with Crippen LogP contribution in [-0.4, -0.2) is 31.3 Å². The third-order valence-electron chi connectivity index (χ3n) is 8.20. The summed E-state index contributed by atoms with van der Waals surface area (Å²) in [5.74, 6) is 0.221. The van der Waals surface area contributed by atoms with E-state index in [0.29, 0.717) is 24.4 Å². The first-order valence-electron chi connectivity index (χ1n) is 12.2. The largest absolute Gasteiger partial charge is 0.493 e. The molecule has 0 aliphatic heterocycles. The predicted molar refractivity (Wildman–Crippen MR) is 131 cm³/mol. The van der Waals surface area contributed by atoms with E-state index in [9.17, 15) is 14.4 Å². The van der Waals surface area contributed by atoms with Gasteiger partial charge in [0.25, 0.3) is 0 Å². The van der Waals surface area contributed by atoms with E-state index < -0.39 is 11.0 Å². The lowest BCUT2D eigenvalue weighted by Gasteiger charge is -2.59. The molecule has 2 aromatic rings. The predicted octanol–water partition coefficient (Wildman–Crippen LogP) is 5.06. The average molecular weight is 483 g/mol. The molecule has 7 nitrogen and oxygen atoms in total. The van der Waals surface area contributed by atoms with Gasteiger partial charge in [-0.25, -0.2) is 4.79 Å². The Labute approximate surface area is 205 Å². The van der Waals surface area contributed by atoms with E-state index in [0.717, 1.165) is 18.2 Å². The molecule has 1 heterocycles. The van der Waals surface area contributed by atoms with E-state index in [4.69, 9.17) is 18.6 Å². The van der Waals surface area contributed by atoms with E-state index in [-0.39, 0.29) is 41.9 Å². The maximum absolute atomic E-state index is 11.9. The van der Waals surface area contributed by atoms with E-state index in [1.165, 1.54) is 25.5 Å². The molecule has 0 spiro atoms. The van der Waals surface area contributed by atoms with Gasteiger partial charge < -0.3 is 18.6 Å². The number of carbonyl (C=O) groups is 2. The van der Waals surface area contributed by atoms with Gasteiger partial charge in [-0.2, -0.15) is 0 Å². The molecule has 0 saturated heterocycles. The van der Waals surface area contributed by atoms with Crippen molar-refractivity contribution in [1.82, 2.24) is 0 Å². The molecule has 7 heteroatoms. The molecule has 35 heavy (non-hydrogen) atoms. The van der Waals surface area contributed by atoms with E-state index in [1.54, 1.807) is 12.1 Å². The molecule has 1 aromatic heterocycles. The lowest BCUT2D eigenvalue weighted by atomic mass is 9.47. The fourth-order valence-corrected chi connectivity index (χ4v) is 6.32. The fraction of sp³-hybridized carbons (Fsp3) is 0.536. The molecular formula is C28H34O7. The van der Waals surface area contributed by atoms with Crippen molar-refractivity contribution in [3.8, 4) is 5.75 Å². The van der Waals surface area contributed by atoms with Crippen LogP contribution in [0.1, 0.15) is 53.9 Å². The van der Waals surface area contributed by atoms with Crippen LogP contribution in [0.3, 0.4) is 0 Å². The Bertz CT molecular complexity index is 1210. The molecule has 1 saturated carbocycles. The van der Waals surface area contributed by atoms with E-state index in [1.807, 2.05) is 12.1 Å². The highest BCUT2D eigenvalue weighted by Crippen LogP contribution is 2.60. The van der Waals surface area contributed by atoms with Crippen molar-refractivity contribution in [2.45, 2.75) is 60.0 Å². The van der Waals surface area contributed by atoms with Gasteiger partial charge in [-0.1, -0.05) is 25.5 Å². The van der Waals surface area contributed by atoms with Gasteiger partial charge in [-0.05, 0) is 55.7 Å². The van der Waals surface area contributed by atoms with Gasteiger partial charge in [-0.15, -0.1) is 0 Å². The summed E-state index contributed by atoms with van der Waals surface area (Å²) < 4.78 is 22.8. The van der Waals surface area contributed by atoms with Crippen LogP contribution in [0.25, 0.3) is 11.0 Å². The summed E-state index contributed by atoms with van der Waals surface area (Å²) in [6.07, 6.45) is 4.28. The fourth-order valence-electron chi connectivity index (χ4n) is 6.32. The first-order chi connectivity index (χ1) is 16.5. The summed E-state index contributed by atoms with van der Waals surface area (Å²) in [6, 6.07) is 8.64. The first kappa shape index (κ1) is 25.0. The maximum Gasteiger partial charge on any atom is 0.336 e. The van der Waals surface area contributed by atoms with Crippen molar-refractivity contribution in [1.29, 1.82) is 0 Å². The third kappa shape index (κ3) is 4.86. The number of esters is 2. The minimum absolute atomic E-state index is 0.120. The van der Waals surface area contributed by atoms with Crippen molar-refractivity contribution < 1.29 is 28.2 Å². The molecule has 2 aliphatic rings. The molecule has 0 bridgehead atoms. The monoisotopic (exact) mass is 482 g/mol. The summed E-state index contributed by atoms with van der Waals surface area (Å²) in [5, 5.41) is 0.836. The van der Waals surface area contributed by atoms with Gasteiger partial charge in [0.05, 0.1) is 6.61 Å². The summed E-state index contributed by atoms with van der Waals surface area (Å²) in [4.78, 5) is 35.2. The van der Waals surface area contributed by atoms with Crippen molar-refractivity contribution >= 4 is 22.9 Å². The summed E-state index contributed by atoms with van der Waals surface area (Å²) in [5.41, 5.74) is 0.690. The Morgan fingerprint density at radius 1 is 1.11 bits per heavy atom. The zero-order valence-corrected chi connectivity index (χ0v) is 21.1. The highest BCUT2D eigenvalue weighted by molar-refractivity contribution is 5.77. The van der Waals surface area contributed by atoms with Crippen LogP contribution in [0.2, 0.25) is 0 Å². The molecular weight excluding hydrogens is 448 g/mol. The van der Waals surface area contributed by atoms with Crippen LogP contribution in [-0.2, 0) is 19.1 Å². The highest BCUT2D eigenvalue weighted by atomic mass is 16.6. The smallest absolute Gasteiger partial charge is 0.336 e. The van der Waals surface area contributed by atoms with Crippen LogP contribution in [0.4, 0.5) is 0 Å². The number of hydrogen-bond acceptors (Lipinski definition) is 7. The summed E-state index contributed by atoms with van der Waals surface area (Å²) >= 11 is 0. The summed E-state index contributed by atoms with van der Waals surface area (Å²) in [7, 11) is 0. The topological polar surface area (TPSA) is 92.0 Å². The number of carbonyl (C=O) groups excluding carboxylic acids is 2.